The molecule has 0 spiro atoms. The molecule has 0 unspecified atom stereocenters. The van der Waals surface area contributed by atoms with Crippen molar-refractivity contribution in [2.75, 3.05) is 5.32 Å². The summed E-state index contributed by atoms with van der Waals surface area (Å²) in [5.74, 6) is -0.412. The zero-order valence-corrected chi connectivity index (χ0v) is 11.8. The number of thiocarbonyl (C=S) groups is 1. The predicted molar refractivity (Wildman–Crippen MR) is 81.8 cm³/mol. The molecule has 0 aliphatic carbocycles. The Bertz CT molecular complexity index is 643. The lowest BCUT2D eigenvalue weighted by Gasteiger charge is -2.12. The minimum Gasteiger partial charge on any atom is -0.389 e. The minimum atomic E-state index is -0.412. The average molecular weight is 295 g/mol. The van der Waals surface area contributed by atoms with Crippen LogP contribution in [0.4, 0.5) is 15.8 Å². The smallest absolute Gasteiger partial charge is 0.147 e. The molecule has 0 saturated heterocycles. The monoisotopic (exact) mass is 294 g/mol. The van der Waals surface area contributed by atoms with Crippen molar-refractivity contribution in [1.29, 1.82) is 0 Å². The Balaban J connectivity index is 2.34. The predicted octanol–water partition coefficient (Wildman–Crippen LogP) is 4.17. The first kappa shape index (κ1) is 13.8. The standard InChI is InChI=1S/C14H12ClFN2S/c1-8-10(15)3-2-4-12(8)18-13-6-5-9(14(17)19)7-11(13)16/h2-7,18H,1H3,(H2,17,19). The second kappa shape index (κ2) is 5.55. The van der Waals surface area contributed by atoms with E-state index < -0.39 is 5.82 Å². The SMILES string of the molecule is Cc1c(Cl)cccc1Nc1ccc(C(N)=S)cc1F. The summed E-state index contributed by atoms with van der Waals surface area (Å²) in [6.07, 6.45) is 0. The molecule has 0 atom stereocenters. The van der Waals surface area contributed by atoms with Crippen LogP contribution in [0.3, 0.4) is 0 Å². The van der Waals surface area contributed by atoms with Crippen LogP contribution >= 0.6 is 23.8 Å². The molecule has 2 rings (SSSR count). The first-order valence-corrected chi connectivity index (χ1v) is 6.39. The van der Waals surface area contributed by atoms with Crippen LogP contribution in [0, 0.1) is 12.7 Å². The van der Waals surface area contributed by atoms with Gasteiger partial charge in [-0.25, -0.2) is 4.39 Å². The van der Waals surface area contributed by atoms with E-state index in [2.05, 4.69) is 5.32 Å². The molecule has 0 heterocycles. The molecule has 98 valence electrons. The van der Waals surface area contributed by atoms with Gasteiger partial charge in [0.1, 0.15) is 10.8 Å². The zero-order chi connectivity index (χ0) is 14.0. The highest BCUT2D eigenvalue weighted by atomic mass is 35.5. The van der Waals surface area contributed by atoms with Gasteiger partial charge in [0.25, 0.3) is 0 Å². The van der Waals surface area contributed by atoms with E-state index in [1.54, 1.807) is 24.3 Å². The van der Waals surface area contributed by atoms with Crippen LogP contribution in [0.25, 0.3) is 0 Å². The van der Waals surface area contributed by atoms with Gasteiger partial charge >= 0.3 is 0 Å². The van der Waals surface area contributed by atoms with Gasteiger partial charge in [0.15, 0.2) is 0 Å². The number of nitrogens with one attached hydrogen (secondary N) is 1. The van der Waals surface area contributed by atoms with Gasteiger partial charge in [0, 0.05) is 16.3 Å². The van der Waals surface area contributed by atoms with Crippen molar-refractivity contribution in [3.63, 3.8) is 0 Å². The third-order valence-electron chi connectivity index (χ3n) is 2.79. The van der Waals surface area contributed by atoms with Gasteiger partial charge in [-0.3, -0.25) is 0 Å². The Labute approximate surface area is 121 Å². The summed E-state index contributed by atoms with van der Waals surface area (Å²) in [5, 5.41) is 3.63. The van der Waals surface area contributed by atoms with E-state index in [-0.39, 0.29) is 4.99 Å². The molecule has 19 heavy (non-hydrogen) atoms. The first-order valence-electron chi connectivity index (χ1n) is 5.60. The third-order valence-corrected chi connectivity index (χ3v) is 3.44. The molecule has 0 aromatic heterocycles. The molecule has 2 aromatic rings. The van der Waals surface area contributed by atoms with Crippen molar-refractivity contribution in [2.24, 2.45) is 5.73 Å². The molecule has 0 saturated carbocycles. The molecule has 5 heteroatoms. The van der Waals surface area contributed by atoms with Crippen LogP contribution in [0.2, 0.25) is 5.02 Å². The minimum absolute atomic E-state index is 0.171. The fourth-order valence-corrected chi connectivity index (χ4v) is 1.96. The van der Waals surface area contributed by atoms with Crippen LogP contribution < -0.4 is 11.1 Å². The number of nitrogens with two attached hydrogens (primary N) is 1. The molecule has 2 aromatic carbocycles. The summed E-state index contributed by atoms with van der Waals surface area (Å²) < 4.78 is 13.9. The topological polar surface area (TPSA) is 38.0 Å². The Kier molecular flexibility index (Phi) is 4.02. The summed E-state index contributed by atoms with van der Waals surface area (Å²) in [4.78, 5) is 0.171. The molecule has 0 radical (unpaired) electrons. The van der Waals surface area contributed by atoms with Gasteiger partial charge in [-0.1, -0.05) is 29.9 Å². The molecule has 2 nitrogen and oxygen atoms in total. The third kappa shape index (κ3) is 3.03. The largest absolute Gasteiger partial charge is 0.389 e. The lowest BCUT2D eigenvalue weighted by molar-refractivity contribution is 0.631. The molecule has 0 bridgehead atoms. The number of benzene rings is 2. The number of anilines is 2. The van der Waals surface area contributed by atoms with Gasteiger partial charge in [-0.2, -0.15) is 0 Å². The summed E-state index contributed by atoms with van der Waals surface area (Å²) in [7, 11) is 0. The molecule has 3 N–H and O–H groups in total. The quantitative estimate of drug-likeness (QED) is 0.835. The summed E-state index contributed by atoms with van der Waals surface area (Å²) in [6.45, 7) is 1.87. The summed E-state index contributed by atoms with van der Waals surface area (Å²) >= 11 is 10.8. The lowest BCUT2D eigenvalue weighted by Crippen LogP contribution is -2.10. The molecule has 0 amide bonds. The second-order valence-corrected chi connectivity index (χ2v) is 4.94. The number of hydrogen-bond acceptors (Lipinski definition) is 2. The maximum absolute atomic E-state index is 13.9. The molecule has 0 fully saturated rings. The van der Waals surface area contributed by atoms with E-state index in [1.807, 2.05) is 13.0 Å². The fourth-order valence-electron chi connectivity index (χ4n) is 1.66. The molecule has 0 aliphatic rings. The van der Waals surface area contributed by atoms with E-state index in [1.165, 1.54) is 6.07 Å². The van der Waals surface area contributed by atoms with Crippen LogP contribution in [0.1, 0.15) is 11.1 Å². The van der Waals surface area contributed by atoms with E-state index in [0.29, 0.717) is 16.3 Å². The summed E-state index contributed by atoms with van der Waals surface area (Å²) in [6, 6.07) is 10.0. The van der Waals surface area contributed by atoms with Crippen LogP contribution in [-0.2, 0) is 0 Å². The maximum Gasteiger partial charge on any atom is 0.147 e. The Hall–Kier alpha value is -1.65. The van der Waals surface area contributed by atoms with Gasteiger partial charge in [-0.05, 0) is 42.8 Å². The average Bonchev–Trinajstić information content (AvgIpc) is 2.37. The van der Waals surface area contributed by atoms with Crippen molar-refractivity contribution < 1.29 is 4.39 Å². The number of halogens is 2. The Morgan fingerprint density at radius 1 is 1.26 bits per heavy atom. The normalized spacial score (nSPS) is 10.3. The highest BCUT2D eigenvalue weighted by molar-refractivity contribution is 7.80. The molecule has 0 aliphatic heterocycles. The summed E-state index contributed by atoms with van der Waals surface area (Å²) in [5.41, 5.74) is 7.93. The first-order chi connectivity index (χ1) is 8.99. The van der Waals surface area contributed by atoms with Crippen molar-refractivity contribution >= 4 is 40.2 Å². The zero-order valence-electron chi connectivity index (χ0n) is 10.2. The Morgan fingerprint density at radius 3 is 2.63 bits per heavy atom. The van der Waals surface area contributed by atoms with Gasteiger partial charge in [-0.15, -0.1) is 0 Å². The van der Waals surface area contributed by atoms with Crippen molar-refractivity contribution in [2.45, 2.75) is 6.92 Å². The van der Waals surface area contributed by atoms with Crippen LogP contribution in [0.5, 0.6) is 0 Å². The second-order valence-electron chi connectivity index (χ2n) is 4.10. The maximum atomic E-state index is 13.9. The van der Waals surface area contributed by atoms with E-state index in [9.17, 15) is 4.39 Å². The van der Waals surface area contributed by atoms with E-state index >= 15 is 0 Å². The highest BCUT2D eigenvalue weighted by Crippen LogP contribution is 2.27. The van der Waals surface area contributed by atoms with Crippen molar-refractivity contribution in [3.05, 3.63) is 58.4 Å². The lowest BCUT2D eigenvalue weighted by atomic mass is 10.1. The van der Waals surface area contributed by atoms with E-state index in [0.717, 1.165) is 11.3 Å². The van der Waals surface area contributed by atoms with Crippen LogP contribution in [0.15, 0.2) is 36.4 Å². The fraction of sp³-hybridized carbons (Fsp3) is 0.0714. The van der Waals surface area contributed by atoms with Crippen molar-refractivity contribution in [3.8, 4) is 0 Å². The van der Waals surface area contributed by atoms with Gasteiger partial charge in [0.2, 0.25) is 0 Å². The van der Waals surface area contributed by atoms with Crippen LogP contribution in [-0.4, -0.2) is 4.99 Å². The molecular weight excluding hydrogens is 283 g/mol. The van der Waals surface area contributed by atoms with Gasteiger partial charge in [0.05, 0.1) is 5.69 Å². The molecular formula is C14H12ClFN2S. The van der Waals surface area contributed by atoms with Gasteiger partial charge < -0.3 is 11.1 Å². The van der Waals surface area contributed by atoms with E-state index in [4.69, 9.17) is 29.6 Å². The highest BCUT2D eigenvalue weighted by Gasteiger charge is 2.08. The van der Waals surface area contributed by atoms with Crippen molar-refractivity contribution in [1.82, 2.24) is 0 Å². The Morgan fingerprint density at radius 2 is 2.00 bits per heavy atom. The number of rotatable bonds is 3. The number of hydrogen-bond donors (Lipinski definition) is 2.